The van der Waals surface area contributed by atoms with E-state index in [4.69, 9.17) is 5.11 Å². The monoisotopic (exact) mass is 296 g/mol. The minimum atomic E-state index is -2.45. The summed E-state index contributed by atoms with van der Waals surface area (Å²) in [5.41, 5.74) is 0.0892. The Kier molecular flexibility index (Phi) is 4.46. The molecule has 0 aliphatic heterocycles. The van der Waals surface area contributed by atoms with Gasteiger partial charge in [0, 0.05) is 25.6 Å². The zero-order valence-corrected chi connectivity index (χ0v) is 11.3. The highest BCUT2D eigenvalue weighted by Crippen LogP contribution is 2.13. The van der Waals surface area contributed by atoms with Gasteiger partial charge < -0.3 is 14.6 Å². The van der Waals surface area contributed by atoms with Crippen LogP contribution in [0.25, 0.3) is 0 Å². The van der Waals surface area contributed by atoms with Crippen molar-refractivity contribution in [1.29, 1.82) is 0 Å². The number of alkyl halides is 2. The third kappa shape index (κ3) is 3.74. The molecule has 0 fully saturated rings. The first-order valence-electron chi connectivity index (χ1n) is 6.16. The van der Waals surface area contributed by atoms with E-state index < -0.39 is 18.9 Å². The zero-order valence-electron chi connectivity index (χ0n) is 11.3. The highest BCUT2D eigenvalue weighted by Gasteiger charge is 2.12. The maximum Gasteiger partial charge on any atom is 0.337 e. The maximum absolute atomic E-state index is 12.4. The van der Waals surface area contributed by atoms with E-state index in [1.807, 2.05) is 0 Å². The molecule has 0 amide bonds. The number of imidazole rings is 1. The molecule has 2 rings (SSSR count). The first-order valence-corrected chi connectivity index (χ1v) is 6.16. The quantitative estimate of drug-likeness (QED) is 0.881. The van der Waals surface area contributed by atoms with Crippen molar-refractivity contribution in [3.8, 4) is 0 Å². The average Bonchev–Trinajstić information content (AvgIpc) is 2.85. The molecule has 0 unspecified atom stereocenters. The van der Waals surface area contributed by atoms with Gasteiger partial charge >= 0.3 is 5.97 Å². The molecule has 0 saturated heterocycles. The van der Waals surface area contributed by atoms with Crippen molar-refractivity contribution in [2.75, 3.05) is 11.9 Å². The topological polar surface area (TPSA) is 71.2 Å². The maximum atomic E-state index is 12.4. The number of carboxylic acids is 1. The lowest BCUT2D eigenvalue weighted by Gasteiger charge is -2.18. The van der Waals surface area contributed by atoms with Gasteiger partial charge in [0.05, 0.1) is 18.7 Å². The summed E-state index contributed by atoms with van der Waals surface area (Å²) in [7, 11) is 1.73. The predicted molar refractivity (Wildman–Crippen MR) is 71.5 cm³/mol. The summed E-state index contributed by atoms with van der Waals surface area (Å²) in [6.45, 7) is -0.117. The summed E-state index contributed by atoms with van der Waals surface area (Å²) < 4.78 is 26.2. The molecule has 0 saturated carbocycles. The number of carbonyl (C=O) groups is 1. The highest BCUT2D eigenvalue weighted by molar-refractivity contribution is 5.87. The fourth-order valence-corrected chi connectivity index (χ4v) is 1.84. The smallest absolute Gasteiger partial charge is 0.337 e. The number of aromatic carboxylic acids is 1. The minimum Gasteiger partial charge on any atom is -0.478 e. The molecule has 112 valence electrons. The fourth-order valence-electron chi connectivity index (χ4n) is 1.84. The molecule has 0 aliphatic rings. The number of pyridine rings is 1. The summed E-state index contributed by atoms with van der Waals surface area (Å²) in [5.74, 6) is -0.0299. The van der Waals surface area contributed by atoms with Crippen LogP contribution in [-0.4, -0.2) is 39.1 Å². The molecule has 2 heterocycles. The third-order valence-corrected chi connectivity index (χ3v) is 2.90. The van der Waals surface area contributed by atoms with E-state index in [0.29, 0.717) is 18.2 Å². The summed E-state index contributed by atoms with van der Waals surface area (Å²) in [6, 6.07) is 3.00. The third-order valence-electron chi connectivity index (χ3n) is 2.90. The van der Waals surface area contributed by atoms with Crippen molar-refractivity contribution in [2.45, 2.75) is 19.5 Å². The molecular formula is C13H14F2N4O2. The SMILES string of the molecule is CN(Cc1nccn1CC(F)F)c1ccc(C(=O)O)cn1. The van der Waals surface area contributed by atoms with Crippen LogP contribution in [0.15, 0.2) is 30.7 Å². The van der Waals surface area contributed by atoms with E-state index in [0.717, 1.165) is 0 Å². The van der Waals surface area contributed by atoms with E-state index >= 15 is 0 Å². The number of nitrogens with zero attached hydrogens (tertiary/aromatic N) is 4. The van der Waals surface area contributed by atoms with Crippen molar-refractivity contribution in [1.82, 2.24) is 14.5 Å². The largest absolute Gasteiger partial charge is 0.478 e. The van der Waals surface area contributed by atoms with Gasteiger partial charge in [0.15, 0.2) is 0 Å². The van der Waals surface area contributed by atoms with Crippen molar-refractivity contribution < 1.29 is 18.7 Å². The zero-order chi connectivity index (χ0) is 15.4. The Balaban J connectivity index is 2.09. The van der Waals surface area contributed by atoms with Gasteiger partial charge in [-0.2, -0.15) is 0 Å². The Hall–Kier alpha value is -2.51. The number of aromatic nitrogens is 3. The predicted octanol–water partition coefficient (Wildman–Crippen LogP) is 1.88. The molecule has 0 aromatic carbocycles. The molecule has 0 aliphatic carbocycles. The highest BCUT2D eigenvalue weighted by atomic mass is 19.3. The van der Waals surface area contributed by atoms with Crippen molar-refractivity contribution >= 4 is 11.8 Å². The Morgan fingerprint density at radius 3 is 2.76 bits per heavy atom. The number of carboxylic acid groups (broad SMARTS) is 1. The Labute approximate surface area is 119 Å². The summed E-state index contributed by atoms with van der Waals surface area (Å²) in [5, 5.41) is 8.80. The lowest BCUT2D eigenvalue weighted by Crippen LogP contribution is -2.21. The Bertz CT molecular complexity index is 613. The second-order valence-electron chi connectivity index (χ2n) is 4.45. The van der Waals surface area contributed by atoms with Crippen LogP contribution in [0.4, 0.5) is 14.6 Å². The minimum absolute atomic E-state index is 0.0892. The molecule has 2 aromatic heterocycles. The van der Waals surface area contributed by atoms with Gasteiger partial charge in [0.1, 0.15) is 11.6 Å². The summed E-state index contributed by atoms with van der Waals surface area (Å²) >= 11 is 0. The lowest BCUT2D eigenvalue weighted by molar-refractivity contribution is 0.0696. The van der Waals surface area contributed by atoms with E-state index in [1.54, 1.807) is 18.0 Å². The molecule has 0 radical (unpaired) electrons. The van der Waals surface area contributed by atoms with Crippen LogP contribution in [0, 0.1) is 0 Å². The van der Waals surface area contributed by atoms with Crippen molar-refractivity contribution in [2.24, 2.45) is 0 Å². The van der Waals surface area contributed by atoms with Crippen LogP contribution >= 0.6 is 0 Å². The number of hydrogen-bond acceptors (Lipinski definition) is 4. The second-order valence-corrected chi connectivity index (χ2v) is 4.45. The van der Waals surface area contributed by atoms with Gasteiger partial charge in [-0.15, -0.1) is 0 Å². The number of anilines is 1. The van der Waals surface area contributed by atoms with Gasteiger partial charge in [0.2, 0.25) is 0 Å². The van der Waals surface area contributed by atoms with Gasteiger partial charge in [0.25, 0.3) is 6.43 Å². The Morgan fingerprint density at radius 2 is 2.19 bits per heavy atom. The lowest BCUT2D eigenvalue weighted by atomic mass is 10.3. The van der Waals surface area contributed by atoms with Gasteiger partial charge in [-0.05, 0) is 12.1 Å². The molecule has 8 heteroatoms. The van der Waals surface area contributed by atoms with Crippen LogP contribution in [0.5, 0.6) is 0 Å². The molecule has 1 N–H and O–H groups in total. The second kappa shape index (κ2) is 6.29. The molecular weight excluding hydrogens is 282 g/mol. The van der Waals surface area contributed by atoms with Gasteiger partial charge in [-0.1, -0.05) is 0 Å². The van der Waals surface area contributed by atoms with Crippen LogP contribution < -0.4 is 4.90 Å². The summed E-state index contributed by atoms with van der Waals surface area (Å²) in [6.07, 6.45) is 1.76. The average molecular weight is 296 g/mol. The summed E-state index contributed by atoms with van der Waals surface area (Å²) in [4.78, 5) is 20.5. The van der Waals surface area contributed by atoms with Crippen LogP contribution in [-0.2, 0) is 13.1 Å². The molecule has 0 bridgehead atoms. The number of hydrogen-bond donors (Lipinski definition) is 1. The first-order chi connectivity index (χ1) is 9.97. The fraction of sp³-hybridized carbons (Fsp3) is 0.308. The number of rotatable bonds is 6. The molecule has 6 nitrogen and oxygen atoms in total. The number of halogens is 2. The standard InChI is InChI=1S/C13H14F2N4O2/c1-18(11-3-2-9(6-17-11)13(20)21)8-12-16-4-5-19(12)7-10(14)15/h2-6,10H,7-8H2,1H3,(H,20,21). The van der Waals surface area contributed by atoms with Crippen LogP contribution in [0.1, 0.15) is 16.2 Å². The first kappa shape index (κ1) is 14.9. The van der Waals surface area contributed by atoms with E-state index in [2.05, 4.69) is 9.97 Å². The van der Waals surface area contributed by atoms with Gasteiger partial charge in [-0.3, -0.25) is 0 Å². The molecule has 0 atom stereocenters. The normalized spacial score (nSPS) is 10.9. The molecule has 21 heavy (non-hydrogen) atoms. The van der Waals surface area contributed by atoms with Crippen LogP contribution in [0.3, 0.4) is 0 Å². The van der Waals surface area contributed by atoms with Gasteiger partial charge in [-0.25, -0.2) is 23.5 Å². The molecule has 0 spiro atoms. The van der Waals surface area contributed by atoms with E-state index in [1.165, 1.54) is 29.2 Å². The molecule has 2 aromatic rings. The Morgan fingerprint density at radius 1 is 1.43 bits per heavy atom. The van der Waals surface area contributed by atoms with Crippen molar-refractivity contribution in [3.63, 3.8) is 0 Å². The van der Waals surface area contributed by atoms with E-state index in [9.17, 15) is 13.6 Å². The van der Waals surface area contributed by atoms with Crippen molar-refractivity contribution in [3.05, 3.63) is 42.1 Å². The van der Waals surface area contributed by atoms with Crippen LogP contribution in [0.2, 0.25) is 0 Å². The van der Waals surface area contributed by atoms with E-state index in [-0.39, 0.29) is 5.56 Å².